The fraction of sp³-hybridized carbons (Fsp3) is 0.500. The highest BCUT2D eigenvalue weighted by atomic mass is 127. The van der Waals surface area contributed by atoms with Gasteiger partial charge in [-0.3, -0.25) is 0 Å². The van der Waals surface area contributed by atoms with Crippen molar-refractivity contribution in [2.75, 3.05) is 19.1 Å². The topological polar surface area (TPSA) is 95.2 Å². The molecule has 0 aromatic carbocycles. The predicted molar refractivity (Wildman–Crippen MR) is 68.4 cm³/mol. The summed E-state index contributed by atoms with van der Waals surface area (Å²) in [7, 11) is -1.63. The second-order valence-corrected chi connectivity index (χ2v) is 6.51. The van der Waals surface area contributed by atoms with E-state index < -0.39 is 9.84 Å². The molecule has 1 heterocycles. The molecule has 0 bridgehead atoms. The number of nitrogen functional groups attached to an aromatic ring is 1. The lowest BCUT2D eigenvalue weighted by Crippen LogP contribution is -2.11. The van der Waals surface area contributed by atoms with Crippen LogP contribution in [0.2, 0.25) is 0 Å². The molecule has 8 heteroatoms. The Labute approximate surface area is 108 Å². The van der Waals surface area contributed by atoms with Crippen molar-refractivity contribution in [1.82, 2.24) is 9.97 Å². The van der Waals surface area contributed by atoms with Gasteiger partial charge in [-0.05, 0) is 22.6 Å². The zero-order valence-electron chi connectivity index (χ0n) is 8.90. The van der Waals surface area contributed by atoms with Gasteiger partial charge in [0.1, 0.15) is 17.4 Å². The molecule has 0 aliphatic heterocycles. The van der Waals surface area contributed by atoms with Crippen LogP contribution in [0.4, 0.5) is 5.82 Å². The van der Waals surface area contributed by atoms with E-state index in [-0.39, 0.29) is 24.0 Å². The molecular formula is C8H12IN3O3S. The lowest BCUT2D eigenvalue weighted by molar-refractivity contribution is 0.180. The second kappa shape index (κ2) is 5.23. The smallest absolute Gasteiger partial charge is 0.154 e. The average molecular weight is 357 g/mol. The van der Waals surface area contributed by atoms with Crippen LogP contribution >= 0.6 is 22.6 Å². The van der Waals surface area contributed by atoms with Gasteiger partial charge in [-0.25, -0.2) is 18.4 Å². The van der Waals surface area contributed by atoms with Crippen molar-refractivity contribution < 1.29 is 13.2 Å². The van der Waals surface area contributed by atoms with E-state index in [1.807, 2.05) is 22.6 Å². The molecule has 0 spiro atoms. The summed E-state index contributed by atoms with van der Waals surface area (Å²) < 4.78 is 27.9. The van der Waals surface area contributed by atoms with Gasteiger partial charge >= 0.3 is 0 Å². The van der Waals surface area contributed by atoms with E-state index in [1.54, 1.807) is 0 Å². The molecule has 0 saturated heterocycles. The number of aromatic nitrogens is 2. The molecule has 0 unspecified atom stereocenters. The van der Waals surface area contributed by atoms with Crippen LogP contribution in [0.15, 0.2) is 0 Å². The number of hydrogen-bond donors (Lipinski definition) is 1. The minimum Gasteiger partial charge on any atom is -0.383 e. The molecule has 0 aliphatic carbocycles. The SMILES string of the molecule is COCc1nc(CS(C)(=O)=O)nc(N)c1I. The first kappa shape index (κ1) is 13.6. The first-order valence-corrected chi connectivity index (χ1v) is 7.45. The summed E-state index contributed by atoms with van der Waals surface area (Å²) in [4.78, 5) is 8.03. The molecule has 0 fully saturated rings. The second-order valence-electron chi connectivity index (χ2n) is 3.29. The van der Waals surface area contributed by atoms with Gasteiger partial charge < -0.3 is 10.5 Å². The highest BCUT2D eigenvalue weighted by Gasteiger charge is 2.13. The Kier molecular flexibility index (Phi) is 4.44. The normalized spacial score (nSPS) is 11.7. The Balaban J connectivity index is 3.13. The van der Waals surface area contributed by atoms with Crippen LogP contribution in [-0.2, 0) is 26.9 Å². The summed E-state index contributed by atoms with van der Waals surface area (Å²) in [6, 6.07) is 0. The highest BCUT2D eigenvalue weighted by Crippen LogP contribution is 2.17. The third kappa shape index (κ3) is 3.83. The van der Waals surface area contributed by atoms with Gasteiger partial charge in [-0.2, -0.15) is 0 Å². The number of hydrogen-bond acceptors (Lipinski definition) is 6. The maximum absolute atomic E-state index is 11.1. The molecule has 2 N–H and O–H groups in total. The molecule has 0 atom stereocenters. The van der Waals surface area contributed by atoms with Crippen LogP contribution < -0.4 is 5.73 Å². The third-order valence-corrected chi connectivity index (χ3v) is 3.62. The summed E-state index contributed by atoms with van der Waals surface area (Å²) in [5, 5.41) is 0. The van der Waals surface area contributed by atoms with Crippen molar-refractivity contribution >= 4 is 38.2 Å². The van der Waals surface area contributed by atoms with Gasteiger partial charge in [0.25, 0.3) is 0 Å². The van der Waals surface area contributed by atoms with E-state index >= 15 is 0 Å². The van der Waals surface area contributed by atoms with E-state index in [9.17, 15) is 8.42 Å². The number of halogens is 1. The molecule has 6 nitrogen and oxygen atoms in total. The van der Waals surface area contributed by atoms with Gasteiger partial charge in [-0.1, -0.05) is 0 Å². The number of nitrogens with zero attached hydrogens (tertiary/aromatic N) is 2. The Hall–Kier alpha value is -0.480. The molecule has 16 heavy (non-hydrogen) atoms. The summed E-state index contributed by atoms with van der Waals surface area (Å²) in [6.45, 7) is 0.280. The summed E-state index contributed by atoms with van der Waals surface area (Å²) in [5.41, 5.74) is 6.27. The van der Waals surface area contributed by atoms with Crippen molar-refractivity contribution in [3.05, 3.63) is 15.1 Å². The first-order valence-electron chi connectivity index (χ1n) is 4.31. The molecule has 0 saturated carbocycles. The number of rotatable bonds is 4. The summed E-state index contributed by atoms with van der Waals surface area (Å²) in [6.07, 6.45) is 1.13. The lowest BCUT2D eigenvalue weighted by Gasteiger charge is -2.07. The Morgan fingerprint density at radius 2 is 2.06 bits per heavy atom. The van der Waals surface area contributed by atoms with Gasteiger partial charge in [0.2, 0.25) is 0 Å². The zero-order valence-corrected chi connectivity index (χ0v) is 11.9. The molecule has 0 aliphatic rings. The lowest BCUT2D eigenvalue weighted by atomic mass is 10.4. The third-order valence-electron chi connectivity index (χ3n) is 1.66. The number of sulfone groups is 1. The van der Waals surface area contributed by atoms with Gasteiger partial charge in [0.15, 0.2) is 9.84 Å². The molecular weight excluding hydrogens is 345 g/mol. The van der Waals surface area contributed by atoms with Gasteiger partial charge in [-0.15, -0.1) is 0 Å². The largest absolute Gasteiger partial charge is 0.383 e. The van der Waals surface area contributed by atoms with Gasteiger partial charge in [0.05, 0.1) is 15.9 Å². The maximum Gasteiger partial charge on any atom is 0.154 e. The van der Waals surface area contributed by atoms with Crippen molar-refractivity contribution in [2.24, 2.45) is 0 Å². The minimum absolute atomic E-state index is 0.201. The number of anilines is 1. The first-order chi connectivity index (χ1) is 7.33. The fourth-order valence-electron chi connectivity index (χ4n) is 1.10. The zero-order chi connectivity index (χ0) is 12.3. The van der Waals surface area contributed by atoms with Crippen molar-refractivity contribution in [3.63, 3.8) is 0 Å². The van der Waals surface area contributed by atoms with Crippen LogP contribution in [0.1, 0.15) is 11.5 Å². The Bertz CT molecular complexity index is 490. The minimum atomic E-state index is -3.16. The maximum atomic E-state index is 11.1. The quantitative estimate of drug-likeness (QED) is 0.782. The van der Waals surface area contributed by atoms with Crippen molar-refractivity contribution in [3.8, 4) is 0 Å². The van der Waals surface area contributed by atoms with E-state index in [0.29, 0.717) is 9.26 Å². The van der Waals surface area contributed by atoms with Crippen molar-refractivity contribution in [2.45, 2.75) is 12.4 Å². The van der Waals surface area contributed by atoms with E-state index in [2.05, 4.69) is 9.97 Å². The summed E-state index contributed by atoms with van der Waals surface area (Å²) >= 11 is 2.00. The predicted octanol–water partition coefficient (Wildman–Crippen LogP) is 0.354. The summed E-state index contributed by atoms with van der Waals surface area (Å²) in [5.74, 6) is 0.263. The van der Waals surface area contributed by atoms with E-state index in [0.717, 1.165) is 6.26 Å². The van der Waals surface area contributed by atoms with Crippen LogP contribution in [0.5, 0.6) is 0 Å². The Morgan fingerprint density at radius 1 is 1.44 bits per heavy atom. The van der Waals surface area contributed by atoms with Crippen LogP contribution in [0, 0.1) is 3.57 Å². The fourth-order valence-corrected chi connectivity index (χ4v) is 2.09. The van der Waals surface area contributed by atoms with Gasteiger partial charge in [0, 0.05) is 13.4 Å². The monoisotopic (exact) mass is 357 g/mol. The molecule has 0 radical (unpaired) electrons. The standard InChI is InChI=1S/C8H12IN3O3S/c1-15-3-5-7(9)8(10)12-6(11-5)4-16(2,13)14/h3-4H2,1-2H3,(H2,10,11,12). The van der Waals surface area contributed by atoms with Crippen LogP contribution in [-0.4, -0.2) is 31.8 Å². The van der Waals surface area contributed by atoms with Crippen LogP contribution in [0.3, 0.4) is 0 Å². The molecule has 90 valence electrons. The van der Waals surface area contributed by atoms with E-state index in [4.69, 9.17) is 10.5 Å². The average Bonchev–Trinajstić information content (AvgIpc) is 2.11. The Morgan fingerprint density at radius 3 is 2.56 bits per heavy atom. The number of nitrogens with two attached hydrogens (primary N) is 1. The van der Waals surface area contributed by atoms with Crippen molar-refractivity contribution in [1.29, 1.82) is 0 Å². The molecule has 1 rings (SSSR count). The number of ether oxygens (including phenoxy) is 1. The van der Waals surface area contributed by atoms with E-state index in [1.165, 1.54) is 7.11 Å². The molecule has 1 aromatic rings. The van der Waals surface area contributed by atoms with Crippen LogP contribution in [0.25, 0.3) is 0 Å². The highest BCUT2D eigenvalue weighted by molar-refractivity contribution is 14.1. The molecule has 0 amide bonds. The number of methoxy groups -OCH3 is 1. The molecule has 1 aromatic heterocycles.